The van der Waals surface area contributed by atoms with Crippen molar-refractivity contribution in [3.8, 4) is 5.75 Å². The molecule has 0 aliphatic heterocycles. The average Bonchev–Trinajstić information content (AvgIpc) is 3.38. The predicted molar refractivity (Wildman–Crippen MR) is 91.7 cm³/mol. The minimum absolute atomic E-state index is 0.0375. The Morgan fingerprint density at radius 1 is 1.27 bits per heavy atom. The second kappa shape index (κ2) is 9.30. The average molecular weight is 372 g/mol. The number of halogens is 3. The summed E-state index contributed by atoms with van der Waals surface area (Å²) in [6, 6.07) is 6.27. The van der Waals surface area contributed by atoms with E-state index in [1.54, 1.807) is 19.2 Å². The molecule has 3 N–H and O–H groups in total. The molecular weight excluding hydrogens is 349 g/mol. The number of carbonyl (C=O) groups excluding carboxylic acids is 1. The summed E-state index contributed by atoms with van der Waals surface area (Å²) in [7, 11) is 1.56. The molecule has 1 aromatic rings. The first-order valence-electron chi connectivity index (χ1n) is 8.45. The smallest absolute Gasteiger partial charge is 0.405 e. The highest BCUT2D eigenvalue weighted by molar-refractivity contribution is 5.80. The maximum Gasteiger partial charge on any atom is 0.573 e. The molecule has 1 amide bonds. The molecule has 0 atom stereocenters. The van der Waals surface area contributed by atoms with Crippen LogP contribution in [0.2, 0.25) is 0 Å². The van der Waals surface area contributed by atoms with Crippen molar-refractivity contribution in [2.24, 2.45) is 4.99 Å². The van der Waals surface area contributed by atoms with Gasteiger partial charge in [-0.2, -0.15) is 0 Å². The summed E-state index contributed by atoms with van der Waals surface area (Å²) in [6.45, 7) is 0.645. The van der Waals surface area contributed by atoms with Crippen LogP contribution in [0.3, 0.4) is 0 Å². The van der Waals surface area contributed by atoms with Crippen LogP contribution >= 0.6 is 0 Å². The van der Waals surface area contributed by atoms with Gasteiger partial charge in [0.25, 0.3) is 0 Å². The summed E-state index contributed by atoms with van der Waals surface area (Å²) in [5.74, 6) is 0.226. The quantitative estimate of drug-likeness (QED) is 0.372. The summed E-state index contributed by atoms with van der Waals surface area (Å²) >= 11 is 0. The lowest BCUT2D eigenvalue weighted by atomic mass is 10.2. The molecule has 1 aliphatic rings. The van der Waals surface area contributed by atoms with E-state index in [0.717, 1.165) is 12.8 Å². The Morgan fingerprint density at radius 3 is 2.65 bits per heavy atom. The van der Waals surface area contributed by atoms with E-state index in [4.69, 9.17) is 0 Å². The van der Waals surface area contributed by atoms with E-state index >= 15 is 0 Å². The molecule has 9 heteroatoms. The van der Waals surface area contributed by atoms with Crippen molar-refractivity contribution in [3.05, 3.63) is 29.8 Å². The van der Waals surface area contributed by atoms with Crippen molar-refractivity contribution in [3.63, 3.8) is 0 Å². The van der Waals surface area contributed by atoms with E-state index in [-0.39, 0.29) is 18.2 Å². The van der Waals surface area contributed by atoms with Crippen LogP contribution in [0.15, 0.2) is 29.3 Å². The number of carbonyl (C=O) groups is 1. The summed E-state index contributed by atoms with van der Waals surface area (Å²) in [6.07, 6.45) is -1.58. The lowest BCUT2D eigenvalue weighted by Gasteiger charge is -2.15. The van der Waals surface area contributed by atoms with E-state index < -0.39 is 6.36 Å². The summed E-state index contributed by atoms with van der Waals surface area (Å²) in [4.78, 5) is 15.6. The van der Waals surface area contributed by atoms with Crippen molar-refractivity contribution < 1.29 is 22.7 Å². The predicted octanol–water partition coefficient (Wildman–Crippen LogP) is 2.31. The van der Waals surface area contributed by atoms with E-state index in [9.17, 15) is 18.0 Å². The van der Waals surface area contributed by atoms with Gasteiger partial charge >= 0.3 is 6.36 Å². The third kappa shape index (κ3) is 7.62. The number of amides is 1. The standard InChI is InChI=1S/C17H23F3N4O2/c1-21-16(22-10-4-7-15(25)24-13-8-9-13)23-11-12-5-2-3-6-14(12)26-17(18,19)20/h2-3,5-6,13H,4,7-11H2,1H3,(H,24,25)(H2,21,22,23). The summed E-state index contributed by atoms with van der Waals surface area (Å²) < 4.78 is 41.3. The monoisotopic (exact) mass is 372 g/mol. The highest BCUT2D eigenvalue weighted by Gasteiger charge is 2.31. The number of aliphatic imine (C=N–C) groups is 1. The van der Waals surface area contributed by atoms with E-state index in [2.05, 4.69) is 25.7 Å². The van der Waals surface area contributed by atoms with Crippen LogP contribution in [0, 0.1) is 0 Å². The van der Waals surface area contributed by atoms with E-state index in [0.29, 0.717) is 37.0 Å². The first-order valence-corrected chi connectivity index (χ1v) is 8.45. The van der Waals surface area contributed by atoms with Gasteiger partial charge in [-0.3, -0.25) is 9.79 Å². The van der Waals surface area contributed by atoms with Gasteiger partial charge in [-0.05, 0) is 25.3 Å². The fraction of sp³-hybridized carbons (Fsp3) is 0.529. The number of rotatable bonds is 8. The zero-order chi connectivity index (χ0) is 19.0. The van der Waals surface area contributed by atoms with Crippen LogP contribution in [0.1, 0.15) is 31.2 Å². The Hall–Kier alpha value is -2.45. The summed E-state index contributed by atoms with van der Waals surface area (Å²) in [5.41, 5.74) is 0.358. The highest BCUT2D eigenvalue weighted by atomic mass is 19.4. The van der Waals surface area contributed by atoms with Gasteiger partial charge in [-0.25, -0.2) is 0 Å². The minimum Gasteiger partial charge on any atom is -0.405 e. The Balaban J connectivity index is 1.73. The van der Waals surface area contributed by atoms with Gasteiger partial charge in [-0.1, -0.05) is 18.2 Å². The zero-order valence-corrected chi connectivity index (χ0v) is 14.5. The Labute approximate surface area is 150 Å². The van der Waals surface area contributed by atoms with Crippen molar-refractivity contribution in [1.29, 1.82) is 0 Å². The number of hydrogen-bond donors (Lipinski definition) is 3. The Kier molecular flexibility index (Phi) is 7.11. The number of benzene rings is 1. The molecule has 144 valence electrons. The molecule has 0 heterocycles. The molecule has 0 saturated heterocycles. The van der Waals surface area contributed by atoms with Gasteiger partial charge in [0.05, 0.1) is 0 Å². The molecule has 2 rings (SSSR count). The van der Waals surface area contributed by atoms with Crippen LogP contribution < -0.4 is 20.7 Å². The first-order chi connectivity index (χ1) is 12.4. The normalized spacial score (nSPS) is 14.7. The first kappa shape index (κ1) is 19.9. The maximum absolute atomic E-state index is 12.4. The zero-order valence-electron chi connectivity index (χ0n) is 14.5. The number of para-hydroxylation sites is 1. The lowest BCUT2D eigenvalue weighted by Crippen LogP contribution is -2.38. The van der Waals surface area contributed by atoms with Crippen LogP contribution in [-0.4, -0.2) is 37.9 Å². The SMILES string of the molecule is CN=C(NCCCC(=O)NC1CC1)NCc1ccccc1OC(F)(F)F. The van der Waals surface area contributed by atoms with Crippen molar-refractivity contribution in [2.75, 3.05) is 13.6 Å². The van der Waals surface area contributed by atoms with Gasteiger partial charge in [0, 0.05) is 38.2 Å². The van der Waals surface area contributed by atoms with Crippen LogP contribution in [-0.2, 0) is 11.3 Å². The molecule has 26 heavy (non-hydrogen) atoms. The Morgan fingerprint density at radius 2 is 2.00 bits per heavy atom. The molecule has 1 aliphatic carbocycles. The fourth-order valence-corrected chi connectivity index (χ4v) is 2.26. The second-order valence-corrected chi connectivity index (χ2v) is 5.95. The van der Waals surface area contributed by atoms with Gasteiger partial charge in [0.1, 0.15) is 5.75 Å². The highest BCUT2D eigenvalue weighted by Crippen LogP contribution is 2.26. The molecule has 0 bridgehead atoms. The number of guanidine groups is 1. The number of alkyl halides is 3. The topological polar surface area (TPSA) is 74.8 Å². The van der Waals surface area contributed by atoms with Crippen LogP contribution in [0.4, 0.5) is 13.2 Å². The van der Waals surface area contributed by atoms with Gasteiger partial charge < -0.3 is 20.7 Å². The number of hydrogen-bond acceptors (Lipinski definition) is 3. The molecule has 1 fully saturated rings. The molecule has 0 aromatic heterocycles. The third-order valence-corrected chi connectivity index (χ3v) is 3.68. The van der Waals surface area contributed by atoms with E-state index in [1.807, 2.05) is 0 Å². The lowest BCUT2D eigenvalue weighted by molar-refractivity contribution is -0.274. The maximum atomic E-state index is 12.4. The van der Waals surface area contributed by atoms with Crippen LogP contribution in [0.5, 0.6) is 5.75 Å². The second-order valence-electron chi connectivity index (χ2n) is 5.95. The molecule has 0 unspecified atom stereocenters. The molecule has 0 radical (unpaired) electrons. The van der Waals surface area contributed by atoms with Gasteiger partial charge in [0.2, 0.25) is 5.91 Å². The number of nitrogens with zero attached hydrogens (tertiary/aromatic N) is 1. The van der Waals surface area contributed by atoms with Gasteiger partial charge in [0.15, 0.2) is 5.96 Å². The molecular formula is C17H23F3N4O2. The van der Waals surface area contributed by atoms with E-state index in [1.165, 1.54) is 12.1 Å². The summed E-state index contributed by atoms with van der Waals surface area (Å²) in [5, 5.41) is 8.87. The number of ether oxygens (including phenoxy) is 1. The van der Waals surface area contributed by atoms with Crippen molar-refractivity contribution >= 4 is 11.9 Å². The van der Waals surface area contributed by atoms with Crippen LogP contribution in [0.25, 0.3) is 0 Å². The Bertz CT molecular complexity index is 631. The van der Waals surface area contributed by atoms with Gasteiger partial charge in [-0.15, -0.1) is 13.2 Å². The minimum atomic E-state index is -4.74. The fourth-order valence-electron chi connectivity index (χ4n) is 2.26. The number of nitrogens with one attached hydrogen (secondary N) is 3. The molecule has 6 nitrogen and oxygen atoms in total. The molecule has 0 spiro atoms. The molecule has 1 saturated carbocycles. The largest absolute Gasteiger partial charge is 0.573 e. The van der Waals surface area contributed by atoms with Crippen molar-refractivity contribution in [1.82, 2.24) is 16.0 Å². The molecule has 1 aromatic carbocycles. The van der Waals surface area contributed by atoms with Crippen molar-refractivity contribution in [2.45, 2.75) is 44.6 Å². The third-order valence-electron chi connectivity index (χ3n) is 3.68.